The first-order valence-electron chi connectivity index (χ1n) is 4.30. The van der Waals surface area contributed by atoms with Crippen LogP contribution in [-0.4, -0.2) is 24.5 Å². The van der Waals surface area contributed by atoms with Gasteiger partial charge in [0.15, 0.2) is 0 Å². The molecule has 0 amide bonds. The molecule has 0 fully saturated rings. The normalized spacial score (nSPS) is 16.6. The molecule has 0 radical (unpaired) electrons. The lowest BCUT2D eigenvalue weighted by Gasteiger charge is -2.03. The largest absolute Gasteiger partial charge is 0.508 e. The van der Waals surface area contributed by atoms with Crippen LogP contribution in [-0.2, 0) is 4.84 Å². The number of phenols is 1. The molecule has 1 heterocycles. The number of nitrogens with zero attached hydrogens (tertiary/aromatic N) is 1. The van der Waals surface area contributed by atoms with Gasteiger partial charge in [0.1, 0.15) is 30.9 Å². The maximum atomic E-state index is 9.45. The number of rotatable bonds is 1. The van der Waals surface area contributed by atoms with Gasteiger partial charge in [-0.1, -0.05) is 5.16 Å². The summed E-state index contributed by atoms with van der Waals surface area (Å²) in [6.45, 7) is 2.21. The Morgan fingerprint density at radius 3 is 3.00 bits per heavy atom. The highest BCUT2D eigenvalue weighted by atomic mass is 16.6. The zero-order chi connectivity index (χ0) is 10.1. The first kappa shape index (κ1) is 8.87. The van der Waals surface area contributed by atoms with Gasteiger partial charge in [-0.25, -0.2) is 0 Å². The molecule has 0 aliphatic carbocycles. The molecule has 1 aromatic rings. The molecule has 1 aliphatic rings. The summed E-state index contributed by atoms with van der Waals surface area (Å²) < 4.78 is 5.40. The Hall–Kier alpha value is -1.71. The van der Waals surface area contributed by atoms with Crippen LogP contribution in [0.15, 0.2) is 17.3 Å². The Balaban J connectivity index is 2.53. The van der Waals surface area contributed by atoms with E-state index in [0.29, 0.717) is 12.4 Å². The molecule has 0 spiro atoms. The minimum atomic E-state index is 0.238. The molecule has 14 heavy (non-hydrogen) atoms. The summed E-state index contributed by atoms with van der Waals surface area (Å²) in [5.74, 6) is 0.934. The van der Waals surface area contributed by atoms with E-state index in [4.69, 9.17) is 9.57 Å². The van der Waals surface area contributed by atoms with Gasteiger partial charge in [0.2, 0.25) is 0 Å². The maximum absolute atomic E-state index is 9.45. The number of hydrogen-bond acceptors (Lipinski definition) is 4. The molecule has 74 valence electrons. The topological polar surface area (TPSA) is 51.0 Å². The Kier molecular flexibility index (Phi) is 2.04. The van der Waals surface area contributed by atoms with Gasteiger partial charge < -0.3 is 14.7 Å². The zero-order valence-electron chi connectivity index (χ0n) is 8.07. The van der Waals surface area contributed by atoms with Crippen LogP contribution in [0.3, 0.4) is 0 Å². The molecule has 0 aromatic heterocycles. The summed E-state index contributed by atoms with van der Waals surface area (Å²) in [6.07, 6.45) is 0. The molecule has 1 aromatic carbocycles. The predicted octanol–water partition coefficient (Wildman–Crippen LogP) is 1.44. The quantitative estimate of drug-likeness (QED) is 0.686. The molecule has 1 aliphatic heterocycles. The Labute approximate surface area is 81.8 Å². The summed E-state index contributed by atoms with van der Waals surface area (Å²) in [6, 6.07) is 3.41. The second kappa shape index (κ2) is 3.21. The van der Waals surface area contributed by atoms with Crippen molar-refractivity contribution in [2.75, 3.05) is 13.7 Å². The molecule has 2 rings (SSSR count). The number of aromatic hydroxyl groups is 1. The van der Waals surface area contributed by atoms with Gasteiger partial charge >= 0.3 is 0 Å². The highest BCUT2D eigenvalue weighted by Gasteiger charge is 2.23. The van der Waals surface area contributed by atoms with Crippen molar-refractivity contribution in [3.8, 4) is 11.5 Å². The van der Waals surface area contributed by atoms with Crippen LogP contribution >= 0.6 is 0 Å². The molecule has 0 bridgehead atoms. The molecule has 4 nitrogen and oxygen atoms in total. The number of hydrogen-bond donors (Lipinski definition) is 1. The number of fused-ring (bicyclic) bond motifs is 1. The average Bonchev–Trinajstić information content (AvgIpc) is 2.57. The highest BCUT2D eigenvalue weighted by Crippen LogP contribution is 2.34. The first-order valence-corrected chi connectivity index (χ1v) is 4.30. The SMILES string of the molecule is CON=C1COc2c1ccc(O)c2C. The first-order chi connectivity index (χ1) is 6.74. The molecule has 0 atom stereocenters. The van der Waals surface area contributed by atoms with Crippen molar-refractivity contribution < 1.29 is 14.7 Å². The zero-order valence-corrected chi connectivity index (χ0v) is 8.07. The van der Waals surface area contributed by atoms with E-state index in [1.807, 2.05) is 6.92 Å². The fraction of sp³-hybridized carbons (Fsp3) is 0.300. The van der Waals surface area contributed by atoms with Crippen molar-refractivity contribution in [2.45, 2.75) is 6.92 Å². The van der Waals surface area contributed by atoms with E-state index >= 15 is 0 Å². The van der Waals surface area contributed by atoms with E-state index in [-0.39, 0.29) is 5.75 Å². The standard InChI is InChI=1S/C10H11NO3/c1-6-9(12)4-3-7-8(11-13-2)5-14-10(6)7/h3-4,12H,5H2,1-2H3. The minimum absolute atomic E-state index is 0.238. The fourth-order valence-electron chi connectivity index (χ4n) is 1.50. The van der Waals surface area contributed by atoms with Crippen molar-refractivity contribution in [3.63, 3.8) is 0 Å². The van der Waals surface area contributed by atoms with Crippen molar-refractivity contribution in [1.29, 1.82) is 0 Å². The minimum Gasteiger partial charge on any atom is -0.508 e. The van der Waals surface area contributed by atoms with E-state index in [1.54, 1.807) is 12.1 Å². The predicted molar refractivity (Wildman–Crippen MR) is 51.9 cm³/mol. The van der Waals surface area contributed by atoms with Crippen LogP contribution in [0, 0.1) is 6.92 Å². The van der Waals surface area contributed by atoms with E-state index < -0.39 is 0 Å². The van der Waals surface area contributed by atoms with Gasteiger partial charge in [0, 0.05) is 11.1 Å². The maximum Gasteiger partial charge on any atom is 0.135 e. The third-order valence-electron chi connectivity index (χ3n) is 2.24. The number of oxime groups is 1. The van der Waals surface area contributed by atoms with Gasteiger partial charge in [-0.15, -0.1) is 0 Å². The van der Waals surface area contributed by atoms with E-state index in [2.05, 4.69) is 5.16 Å². The molecule has 0 saturated carbocycles. The summed E-state index contributed by atoms with van der Waals surface area (Å²) in [7, 11) is 1.50. The lowest BCUT2D eigenvalue weighted by atomic mass is 10.1. The number of benzene rings is 1. The van der Waals surface area contributed by atoms with Gasteiger partial charge in [0.05, 0.1) is 0 Å². The smallest absolute Gasteiger partial charge is 0.135 e. The van der Waals surface area contributed by atoms with E-state index in [1.165, 1.54) is 7.11 Å². The van der Waals surface area contributed by atoms with Crippen LogP contribution < -0.4 is 4.74 Å². The lowest BCUT2D eigenvalue weighted by molar-refractivity contribution is 0.211. The Morgan fingerprint density at radius 2 is 2.29 bits per heavy atom. The molecule has 4 heteroatoms. The Bertz CT molecular complexity index is 399. The van der Waals surface area contributed by atoms with Crippen molar-refractivity contribution in [3.05, 3.63) is 23.3 Å². The molecule has 1 N–H and O–H groups in total. The van der Waals surface area contributed by atoms with Crippen molar-refractivity contribution >= 4 is 5.71 Å². The van der Waals surface area contributed by atoms with E-state index in [0.717, 1.165) is 16.8 Å². The Morgan fingerprint density at radius 1 is 1.50 bits per heavy atom. The summed E-state index contributed by atoms with van der Waals surface area (Å²) >= 11 is 0. The summed E-state index contributed by atoms with van der Waals surface area (Å²) in [5.41, 5.74) is 2.39. The van der Waals surface area contributed by atoms with Crippen LogP contribution in [0.4, 0.5) is 0 Å². The van der Waals surface area contributed by atoms with Gasteiger partial charge in [-0.3, -0.25) is 0 Å². The molecule has 0 unspecified atom stereocenters. The third-order valence-corrected chi connectivity index (χ3v) is 2.24. The number of ether oxygens (including phenoxy) is 1. The number of phenolic OH excluding ortho intramolecular Hbond substituents is 1. The molecular formula is C10H11NO3. The van der Waals surface area contributed by atoms with Crippen LogP contribution in [0.1, 0.15) is 11.1 Å². The van der Waals surface area contributed by atoms with Crippen molar-refractivity contribution in [2.24, 2.45) is 5.16 Å². The second-order valence-corrected chi connectivity index (χ2v) is 3.10. The van der Waals surface area contributed by atoms with Crippen LogP contribution in [0.2, 0.25) is 0 Å². The lowest BCUT2D eigenvalue weighted by Crippen LogP contribution is -2.02. The highest BCUT2D eigenvalue weighted by molar-refractivity contribution is 6.06. The van der Waals surface area contributed by atoms with Crippen LogP contribution in [0.5, 0.6) is 11.5 Å². The summed E-state index contributed by atoms with van der Waals surface area (Å²) in [5, 5.41) is 13.3. The van der Waals surface area contributed by atoms with Gasteiger partial charge in [0.25, 0.3) is 0 Å². The molecular weight excluding hydrogens is 182 g/mol. The van der Waals surface area contributed by atoms with Gasteiger partial charge in [-0.2, -0.15) is 0 Å². The van der Waals surface area contributed by atoms with Crippen molar-refractivity contribution in [1.82, 2.24) is 0 Å². The van der Waals surface area contributed by atoms with Crippen LogP contribution in [0.25, 0.3) is 0 Å². The molecule has 0 saturated heterocycles. The monoisotopic (exact) mass is 193 g/mol. The fourth-order valence-corrected chi connectivity index (χ4v) is 1.50. The van der Waals surface area contributed by atoms with Gasteiger partial charge in [-0.05, 0) is 19.1 Å². The third kappa shape index (κ3) is 1.19. The van der Waals surface area contributed by atoms with E-state index in [9.17, 15) is 5.11 Å². The average molecular weight is 193 g/mol. The summed E-state index contributed by atoms with van der Waals surface area (Å²) in [4.78, 5) is 4.70. The second-order valence-electron chi connectivity index (χ2n) is 3.10.